The number of nitrogens with zero attached hydrogens (tertiary/aromatic N) is 12. The van der Waals surface area contributed by atoms with Crippen LogP contribution in [0.1, 0.15) is 45.6 Å². The van der Waals surface area contributed by atoms with Crippen LogP contribution in [-0.4, -0.2) is 84.4 Å². The fourth-order valence-electron chi connectivity index (χ4n) is 4.49. The minimum absolute atomic E-state index is 0.213. The van der Waals surface area contributed by atoms with Crippen LogP contribution in [0.4, 0.5) is 0 Å². The third-order valence-corrected chi connectivity index (χ3v) is 7.80. The first-order valence-corrected chi connectivity index (χ1v) is 18.0. The fraction of sp³-hybridized carbons (Fsp3) is 0.0769. The molecule has 0 amide bonds. The molecule has 1 aliphatic rings. The van der Waals surface area contributed by atoms with Crippen LogP contribution in [0.15, 0.2) is 68.9 Å². The van der Waals surface area contributed by atoms with Crippen molar-refractivity contribution in [3.8, 4) is 0 Å². The second kappa shape index (κ2) is 15.9. The first-order chi connectivity index (χ1) is 23.9. The summed E-state index contributed by atoms with van der Waals surface area (Å²) in [6.07, 6.45) is 7.09. The summed E-state index contributed by atoms with van der Waals surface area (Å²) >= 11 is 22.5. The van der Waals surface area contributed by atoms with E-state index < -0.39 is 0 Å². The molecule has 4 aromatic heterocycles. The van der Waals surface area contributed by atoms with E-state index in [-0.39, 0.29) is 12.8 Å². The van der Waals surface area contributed by atoms with Gasteiger partial charge in [0.2, 0.25) is 19.1 Å². The zero-order chi connectivity index (χ0) is 34.3. The van der Waals surface area contributed by atoms with E-state index in [1.807, 2.05) is 48.5 Å². The summed E-state index contributed by atoms with van der Waals surface area (Å²) in [5, 5.41) is 47.2. The van der Waals surface area contributed by atoms with Crippen LogP contribution in [0.2, 0.25) is 0 Å². The summed E-state index contributed by atoms with van der Waals surface area (Å²) in [6, 6.07) is 15.2. The number of benzene rings is 2. The molecule has 0 bridgehead atoms. The molecule has 23 heteroatoms. The van der Waals surface area contributed by atoms with Crippen LogP contribution in [0.3, 0.4) is 0 Å². The molecule has 252 valence electrons. The van der Waals surface area contributed by atoms with Gasteiger partial charge >= 0.3 is 33.0 Å². The molecular formula is C26H20Cl2N16NiS4. The van der Waals surface area contributed by atoms with Gasteiger partial charge in [0.05, 0.1) is 37.7 Å². The van der Waals surface area contributed by atoms with Crippen molar-refractivity contribution < 1.29 is 12.7 Å². The van der Waals surface area contributed by atoms with Gasteiger partial charge in [-0.15, -0.1) is 0 Å². The Balaban J connectivity index is 0.00000134. The molecule has 4 N–H and O–H groups in total. The van der Waals surface area contributed by atoms with Gasteiger partial charge in [0.25, 0.3) is 0 Å². The van der Waals surface area contributed by atoms with E-state index in [9.17, 15) is 0 Å². The van der Waals surface area contributed by atoms with Crippen molar-refractivity contribution in [2.45, 2.75) is 12.8 Å². The average molecular weight is 814 g/mol. The van der Waals surface area contributed by atoms with Crippen molar-refractivity contribution in [2.24, 2.45) is 20.4 Å². The number of rotatable bonds is 0. The van der Waals surface area contributed by atoms with Crippen molar-refractivity contribution in [1.29, 1.82) is 0 Å². The second-order valence-electron chi connectivity index (χ2n) is 9.66. The predicted octanol–water partition coefficient (Wildman–Crippen LogP) is 5.10. The van der Waals surface area contributed by atoms with Gasteiger partial charge in [0.15, 0.2) is 23.3 Å². The van der Waals surface area contributed by atoms with Crippen LogP contribution >= 0.6 is 69.3 Å². The Morgan fingerprint density at radius 1 is 0.469 bits per heavy atom. The Morgan fingerprint density at radius 3 is 0.918 bits per heavy atom. The van der Waals surface area contributed by atoms with Gasteiger partial charge in [-0.25, -0.2) is 0 Å². The summed E-state index contributed by atoms with van der Waals surface area (Å²) in [6.45, 7) is 0. The normalized spacial score (nSPS) is 15.3. The Morgan fingerprint density at radius 2 is 0.694 bits per heavy atom. The van der Waals surface area contributed by atoms with E-state index in [0.717, 1.165) is 22.3 Å². The molecule has 0 atom stereocenters. The van der Waals surface area contributed by atoms with Crippen LogP contribution in [0.25, 0.3) is 0 Å². The topological polar surface area (TPSA) is 184 Å². The number of H-pyrrole nitrogens is 4. The van der Waals surface area contributed by atoms with Crippen molar-refractivity contribution in [1.82, 2.24) is 59.5 Å². The molecule has 0 spiro atoms. The molecule has 16 nitrogen and oxygen atoms in total. The SMILES string of the molecule is S=c1[nH]nc2n1/N=C/c1ccccc1/C=N/n1c(n[nH]c1=S)Cc1n[nH]c(=S)n1/N=C/c1ccccc1/C=N/n1c(n[nH]c1=S)C2.[Cl][Ni][Cl]. The van der Waals surface area contributed by atoms with Crippen LogP contribution in [0, 0.1) is 19.1 Å². The molecule has 0 radical (unpaired) electrons. The number of halogens is 2. The molecule has 0 unspecified atom stereocenters. The number of aromatic amines is 4. The fourth-order valence-corrected chi connectivity index (χ4v) is 5.28. The molecule has 7 rings (SSSR count). The standard InChI is InChI=1S/C26H20N16S4.2ClH.Ni/c43-23-35-31-19-9-21-33-37-25(45)41(21)29-13-17-7-3-4-8-18(17)14-30-42-22(34-38-26(42)46)10-20-32-36-24(44)40(20)28-12-16-6-2-1-5-15(16)11-27-39(19)23;;;/h1-8,11-14H,9-10H2,(H,35,43)(H,36,44)(H,37,45)(H,38,46);2*1H;/q;;;+2/p-2/b27-11+,28-12+,29-13+,30-14+;;;. The van der Waals surface area contributed by atoms with Gasteiger partial charge in [0, 0.05) is 22.3 Å². The molecule has 0 fully saturated rings. The van der Waals surface area contributed by atoms with Crippen LogP contribution < -0.4 is 0 Å². The third kappa shape index (κ3) is 7.93. The minimum atomic E-state index is 0.213. The van der Waals surface area contributed by atoms with Crippen molar-refractivity contribution in [2.75, 3.05) is 0 Å². The molecular weight excluding hydrogens is 794 g/mol. The first kappa shape index (κ1) is 34.5. The predicted molar refractivity (Wildman–Crippen MR) is 192 cm³/mol. The number of hydrogen-bond acceptors (Lipinski definition) is 12. The average Bonchev–Trinajstić information content (AvgIpc) is 3.84. The summed E-state index contributed by atoms with van der Waals surface area (Å²) in [7, 11) is 9.40. The number of nitrogens with one attached hydrogen (secondary N) is 4. The summed E-state index contributed by atoms with van der Waals surface area (Å²) in [5.74, 6) is 1.98. The maximum atomic E-state index is 5.48. The molecule has 6 aromatic rings. The molecule has 0 aliphatic carbocycles. The van der Waals surface area contributed by atoms with Crippen LogP contribution in [0.5, 0.6) is 0 Å². The Hall–Kier alpha value is -4.37. The van der Waals surface area contributed by atoms with Crippen LogP contribution in [-0.2, 0) is 25.5 Å². The molecule has 5 heterocycles. The van der Waals surface area contributed by atoms with Gasteiger partial charge in [-0.3, -0.25) is 20.4 Å². The van der Waals surface area contributed by atoms with E-state index >= 15 is 0 Å². The number of fused-ring (bicyclic) bond motifs is 6. The Labute approximate surface area is 310 Å². The quantitative estimate of drug-likeness (QED) is 0.120. The van der Waals surface area contributed by atoms with Gasteiger partial charge < -0.3 is 0 Å². The third-order valence-electron chi connectivity index (χ3n) is 6.74. The van der Waals surface area contributed by atoms with Gasteiger partial charge in [0.1, 0.15) is 0 Å². The summed E-state index contributed by atoms with van der Waals surface area (Å²) in [4.78, 5) is 0. The van der Waals surface area contributed by atoms with E-state index in [1.54, 1.807) is 24.9 Å². The van der Waals surface area contributed by atoms with E-state index in [0.29, 0.717) is 55.0 Å². The molecule has 49 heavy (non-hydrogen) atoms. The molecule has 0 saturated carbocycles. The number of aromatic nitrogens is 12. The molecule has 2 aromatic carbocycles. The maximum absolute atomic E-state index is 5.48. The molecule has 0 saturated heterocycles. The summed E-state index contributed by atoms with van der Waals surface area (Å²) < 4.78 is 7.28. The van der Waals surface area contributed by atoms with Crippen molar-refractivity contribution in [3.05, 3.63) is 113 Å². The van der Waals surface area contributed by atoms with E-state index in [1.165, 1.54) is 18.7 Å². The first-order valence-electron chi connectivity index (χ1n) is 13.7. The number of hydrogen-bond donors (Lipinski definition) is 4. The monoisotopic (exact) mass is 812 g/mol. The van der Waals surface area contributed by atoms with E-state index in [4.69, 9.17) is 69.3 Å². The van der Waals surface area contributed by atoms with Crippen molar-refractivity contribution >= 4 is 94.1 Å². The Kier molecular flexibility index (Phi) is 11.2. The second-order valence-corrected chi connectivity index (χ2v) is 12.8. The summed E-state index contributed by atoms with van der Waals surface area (Å²) in [5.41, 5.74) is 3.06. The zero-order valence-corrected chi connectivity index (χ0v) is 30.2. The van der Waals surface area contributed by atoms with Gasteiger partial charge in [-0.2, -0.15) is 59.5 Å². The van der Waals surface area contributed by atoms with Gasteiger partial charge in [-0.05, 0) is 48.9 Å². The van der Waals surface area contributed by atoms with E-state index in [2.05, 4.69) is 61.2 Å². The molecule has 1 aliphatic heterocycles. The van der Waals surface area contributed by atoms with Crippen molar-refractivity contribution in [3.63, 3.8) is 0 Å². The van der Waals surface area contributed by atoms with Gasteiger partial charge in [-0.1, -0.05) is 48.5 Å². The Bertz CT molecular complexity index is 2140. The zero-order valence-electron chi connectivity index (χ0n) is 24.4.